The molecule has 1 aliphatic rings. The average Bonchev–Trinajstić information content (AvgIpc) is 2.20. The monoisotopic (exact) mass is 191 g/mol. The second kappa shape index (κ2) is 3.71. The molecule has 0 bridgehead atoms. The minimum absolute atomic E-state index is 0.0450. The Balaban J connectivity index is 2.38. The summed E-state index contributed by atoms with van der Waals surface area (Å²) in [6, 6.07) is 6.46. The number of nitrogens with two attached hydrogens (primary N) is 1. The Bertz CT molecular complexity index is 335. The Morgan fingerprint density at radius 2 is 2.29 bits per heavy atom. The summed E-state index contributed by atoms with van der Waals surface area (Å²) >= 11 is 0. The largest absolute Gasteiger partial charge is 0.372 e. The molecule has 0 aromatic heterocycles. The van der Waals surface area contributed by atoms with Gasteiger partial charge in [-0.15, -0.1) is 0 Å². The number of fused-ring (bicyclic) bond motifs is 1. The number of ether oxygens (including phenoxy) is 1. The van der Waals surface area contributed by atoms with Gasteiger partial charge in [-0.05, 0) is 24.5 Å². The summed E-state index contributed by atoms with van der Waals surface area (Å²) in [4.78, 5) is 0. The van der Waals surface area contributed by atoms with E-state index in [9.17, 15) is 0 Å². The summed E-state index contributed by atoms with van der Waals surface area (Å²) in [7, 11) is 0. The quantitative estimate of drug-likeness (QED) is 0.739. The van der Waals surface area contributed by atoms with Crippen molar-refractivity contribution in [3.8, 4) is 0 Å². The van der Waals surface area contributed by atoms with E-state index in [1.807, 2.05) is 0 Å². The van der Waals surface area contributed by atoms with Crippen LogP contribution in [0.1, 0.15) is 36.1 Å². The fourth-order valence-electron chi connectivity index (χ4n) is 2.03. The van der Waals surface area contributed by atoms with E-state index in [0.29, 0.717) is 6.61 Å². The van der Waals surface area contributed by atoms with E-state index in [4.69, 9.17) is 10.5 Å². The van der Waals surface area contributed by atoms with Crippen molar-refractivity contribution in [2.24, 2.45) is 5.73 Å². The Labute approximate surface area is 85.1 Å². The summed E-state index contributed by atoms with van der Waals surface area (Å²) in [5.74, 6) is 0. The van der Waals surface area contributed by atoms with Crippen LogP contribution in [0.5, 0.6) is 0 Å². The molecule has 0 amide bonds. The molecule has 2 heteroatoms. The second-order valence-electron chi connectivity index (χ2n) is 3.99. The van der Waals surface area contributed by atoms with Crippen molar-refractivity contribution in [3.05, 3.63) is 34.9 Å². The van der Waals surface area contributed by atoms with Crippen molar-refractivity contribution >= 4 is 0 Å². The van der Waals surface area contributed by atoms with Crippen molar-refractivity contribution in [1.82, 2.24) is 0 Å². The van der Waals surface area contributed by atoms with Gasteiger partial charge in [0.05, 0.1) is 18.8 Å². The third-order valence-corrected chi connectivity index (χ3v) is 2.92. The average molecular weight is 191 g/mol. The molecular weight excluding hydrogens is 174 g/mol. The minimum Gasteiger partial charge on any atom is -0.372 e. The molecular formula is C12H17NO. The van der Waals surface area contributed by atoms with Gasteiger partial charge in [0.25, 0.3) is 0 Å². The van der Waals surface area contributed by atoms with E-state index in [-0.39, 0.29) is 12.1 Å². The molecule has 2 atom stereocenters. The van der Waals surface area contributed by atoms with Crippen molar-refractivity contribution in [2.75, 3.05) is 0 Å². The highest BCUT2D eigenvalue weighted by atomic mass is 16.5. The van der Waals surface area contributed by atoms with Gasteiger partial charge in [0.15, 0.2) is 0 Å². The molecule has 0 saturated heterocycles. The number of hydrogen-bond donors (Lipinski definition) is 1. The number of rotatable bonds is 1. The second-order valence-corrected chi connectivity index (χ2v) is 3.99. The van der Waals surface area contributed by atoms with Crippen LogP contribution in [0.4, 0.5) is 0 Å². The topological polar surface area (TPSA) is 35.2 Å². The predicted octanol–water partition coefficient (Wildman–Crippen LogP) is 2.30. The maximum absolute atomic E-state index is 6.14. The van der Waals surface area contributed by atoms with Gasteiger partial charge in [-0.1, -0.05) is 30.7 Å². The van der Waals surface area contributed by atoms with Crippen molar-refractivity contribution in [2.45, 2.75) is 39.0 Å². The summed E-state index contributed by atoms with van der Waals surface area (Å²) in [5, 5.41) is 0. The van der Waals surface area contributed by atoms with E-state index in [1.165, 1.54) is 16.7 Å². The Hall–Kier alpha value is -0.860. The van der Waals surface area contributed by atoms with Crippen LogP contribution in [-0.2, 0) is 11.3 Å². The van der Waals surface area contributed by atoms with Crippen LogP contribution >= 0.6 is 0 Å². The molecule has 76 valence electrons. The first-order chi connectivity index (χ1) is 6.72. The molecule has 0 spiro atoms. The lowest BCUT2D eigenvalue weighted by molar-refractivity contribution is 0.00678. The lowest BCUT2D eigenvalue weighted by atomic mass is 9.92. The molecule has 1 heterocycles. The van der Waals surface area contributed by atoms with Crippen molar-refractivity contribution in [1.29, 1.82) is 0 Å². The normalized spacial score (nSPS) is 25.9. The highest BCUT2D eigenvalue weighted by molar-refractivity contribution is 5.35. The molecule has 2 rings (SSSR count). The Morgan fingerprint density at radius 1 is 1.50 bits per heavy atom. The molecule has 0 radical (unpaired) electrons. The van der Waals surface area contributed by atoms with Crippen LogP contribution in [0.2, 0.25) is 0 Å². The summed E-state index contributed by atoms with van der Waals surface area (Å²) in [6.07, 6.45) is 1.17. The van der Waals surface area contributed by atoms with E-state index in [2.05, 4.69) is 32.0 Å². The zero-order valence-electron chi connectivity index (χ0n) is 8.79. The van der Waals surface area contributed by atoms with Crippen LogP contribution in [0.25, 0.3) is 0 Å². The van der Waals surface area contributed by atoms with Gasteiger partial charge in [0.1, 0.15) is 0 Å². The fraction of sp³-hybridized carbons (Fsp3) is 0.500. The zero-order valence-corrected chi connectivity index (χ0v) is 8.79. The molecule has 2 nitrogen and oxygen atoms in total. The van der Waals surface area contributed by atoms with Crippen molar-refractivity contribution in [3.63, 3.8) is 0 Å². The number of hydrogen-bond acceptors (Lipinski definition) is 2. The molecule has 0 fully saturated rings. The Morgan fingerprint density at radius 3 is 3.00 bits per heavy atom. The first-order valence-corrected chi connectivity index (χ1v) is 5.19. The molecule has 2 N–H and O–H groups in total. The number of aryl methyl sites for hydroxylation is 1. The maximum atomic E-state index is 6.14. The molecule has 0 unspecified atom stereocenters. The van der Waals surface area contributed by atoms with Gasteiger partial charge >= 0.3 is 0 Å². The van der Waals surface area contributed by atoms with Gasteiger partial charge in [0, 0.05) is 0 Å². The van der Waals surface area contributed by atoms with Gasteiger partial charge in [-0.25, -0.2) is 0 Å². The summed E-state index contributed by atoms with van der Waals surface area (Å²) in [6.45, 7) is 4.93. The van der Waals surface area contributed by atoms with E-state index >= 15 is 0 Å². The molecule has 1 aliphatic heterocycles. The van der Waals surface area contributed by atoms with Crippen LogP contribution in [-0.4, -0.2) is 6.10 Å². The highest BCUT2D eigenvalue weighted by Crippen LogP contribution is 2.29. The SMILES string of the molecule is CC[C@H]1OCc2ccc(C)cc2[C@@H]1N. The van der Waals surface area contributed by atoms with Crippen molar-refractivity contribution < 1.29 is 4.74 Å². The van der Waals surface area contributed by atoms with Gasteiger partial charge in [0.2, 0.25) is 0 Å². The summed E-state index contributed by atoms with van der Waals surface area (Å²) in [5.41, 5.74) is 9.93. The predicted molar refractivity (Wildman–Crippen MR) is 57.0 cm³/mol. The van der Waals surface area contributed by atoms with Crippen LogP contribution in [0.15, 0.2) is 18.2 Å². The standard InChI is InChI=1S/C12H17NO/c1-3-11-12(13)10-6-8(2)4-5-9(10)7-14-11/h4-6,11-12H,3,7,13H2,1-2H3/t11-,12+/m1/s1. The van der Waals surface area contributed by atoms with Gasteiger partial charge in [-0.3, -0.25) is 0 Å². The molecule has 14 heavy (non-hydrogen) atoms. The zero-order chi connectivity index (χ0) is 10.1. The summed E-state index contributed by atoms with van der Waals surface area (Å²) < 4.78 is 5.68. The van der Waals surface area contributed by atoms with E-state index < -0.39 is 0 Å². The Kier molecular flexibility index (Phi) is 2.57. The third-order valence-electron chi connectivity index (χ3n) is 2.92. The maximum Gasteiger partial charge on any atom is 0.0769 e. The fourth-order valence-corrected chi connectivity index (χ4v) is 2.03. The van der Waals surface area contributed by atoms with Crippen LogP contribution < -0.4 is 5.73 Å². The number of benzene rings is 1. The lowest BCUT2D eigenvalue weighted by Gasteiger charge is -2.30. The van der Waals surface area contributed by atoms with Gasteiger partial charge < -0.3 is 10.5 Å². The third kappa shape index (κ3) is 1.56. The van der Waals surface area contributed by atoms with E-state index in [1.54, 1.807) is 0 Å². The first kappa shape index (κ1) is 9.69. The highest BCUT2D eigenvalue weighted by Gasteiger charge is 2.25. The van der Waals surface area contributed by atoms with E-state index in [0.717, 1.165) is 6.42 Å². The van der Waals surface area contributed by atoms with Crippen LogP contribution in [0.3, 0.4) is 0 Å². The van der Waals surface area contributed by atoms with Crippen LogP contribution in [0, 0.1) is 6.92 Å². The smallest absolute Gasteiger partial charge is 0.0769 e. The van der Waals surface area contributed by atoms with Gasteiger partial charge in [-0.2, -0.15) is 0 Å². The molecule has 1 aromatic rings. The molecule has 0 saturated carbocycles. The molecule has 0 aliphatic carbocycles. The lowest BCUT2D eigenvalue weighted by Crippen LogP contribution is -2.33. The minimum atomic E-state index is 0.0450. The molecule has 1 aromatic carbocycles. The first-order valence-electron chi connectivity index (χ1n) is 5.19.